The minimum Gasteiger partial charge on any atom is -1.00 e. The van der Waals surface area contributed by atoms with Crippen LogP contribution in [0.5, 0.6) is 0 Å². The Bertz CT molecular complexity index is 205. The predicted octanol–water partition coefficient (Wildman–Crippen LogP) is 1.52. The average Bonchev–Trinajstić information content (AvgIpc) is 2.45. The standard InChI is InChI=1S/C16H36N.CH2O3.Na.H2O.H/c1-5-9-13-17(14-10-6-2,15-11-7-3)16-12-8-4;2-1(3)4;;;/h5-16H2,1-4H3;(H2,2,3,4);;1H2;/q+1;;+1;;-1. The fraction of sp³-hybridized carbons (Fsp3) is 0.941. The summed E-state index contributed by atoms with van der Waals surface area (Å²) in [5, 5.41) is 13.9. The summed E-state index contributed by atoms with van der Waals surface area (Å²) in [4.78, 5) is 8.56. The Morgan fingerprint density at radius 1 is 0.739 bits per heavy atom. The van der Waals surface area contributed by atoms with Crippen molar-refractivity contribution >= 4 is 6.16 Å². The summed E-state index contributed by atoms with van der Waals surface area (Å²) in [6, 6.07) is 0. The second-order valence-corrected chi connectivity index (χ2v) is 5.93. The summed E-state index contributed by atoms with van der Waals surface area (Å²) in [7, 11) is 0. The monoisotopic (exact) mass is 346 g/mol. The number of hydrogen-bond donors (Lipinski definition) is 2. The molecule has 0 spiro atoms. The van der Waals surface area contributed by atoms with Gasteiger partial charge in [-0.15, -0.1) is 0 Å². The van der Waals surface area contributed by atoms with Crippen LogP contribution in [0.3, 0.4) is 0 Å². The molecule has 0 aliphatic heterocycles. The van der Waals surface area contributed by atoms with Crippen molar-refractivity contribution in [2.24, 2.45) is 0 Å². The van der Waals surface area contributed by atoms with E-state index in [2.05, 4.69) is 27.7 Å². The summed E-state index contributed by atoms with van der Waals surface area (Å²) >= 11 is 0. The molecule has 4 N–H and O–H groups in total. The summed E-state index contributed by atoms with van der Waals surface area (Å²) in [6.45, 7) is 15.0. The van der Waals surface area contributed by atoms with E-state index >= 15 is 0 Å². The molecule has 0 heterocycles. The molecule has 0 unspecified atom stereocenters. The molecule has 138 valence electrons. The molecular formula is C17H41NNaO4+. The normalized spacial score (nSPS) is 9.91. The van der Waals surface area contributed by atoms with Crippen molar-refractivity contribution in [2.75, 3.05) is 26.2 Å². The van der Waals surface area contributed by atoms with Crippen LogP contribution in [0.2, 0.25) is 0 Å². The predicted molar refractivity (Wildman–Crippen MR) is 94.7 cm³/mol. The van der Waals surface area contributed by atoms with E-state index in [4.69, 9.17) is 15.0 Å². The van der Waals surface area contributed by atoms with Crippen molar-refractivity contribution in [3.05, 3.63) is 0 Å². The number of rotatable bonds is 12. The molecule has 0 radical (unpaired) electrons. The molecule has 0 aromatic heterocycles. The van der Waals surface area contributed by atoms with Crippen LogP contribution in [0.4, 0.5) is 4.79 Å². The molecule has 23 heavy (non-hydrogen) atoms. The van der Waals surface area contributed by atoms with E-state index < -0.39 is 6.16 Å². The second kappa shape index (κ2) is 22.2. The molecule has 0 rings (SSSR count). The first kappa shape index (κ1) is 31.0. The Morgan fingerprint density at radius 2 is 0.913 bits per heavy atom. The molecule has 5 nitrogen and oxygen atoms in total. The Morgan fingerprint density at radius 3 is 1.04 bits per heavy atom. The summed E-state index contributed by atoms with van der Waals surface area (Å²) < 4.78 is 1.42. The molecule has 6 heteroatoms. The molecule has 0 fully saturated rings. The largest absolute Gasteiger partial charge is 1.00 e. The van der Waals surface area contributed by atoms with Gasteiger partial charge in [-0.2, -0.15) is 0 Å². The van der Waals surface area contributed by atoms with Gasteiger partial charge in [0.05, 0.1) is 26.2 Å². The van der Waals surface area contributed by atoms with Gasteiger partial charge in [0.25, 0.3) is 0 Å². The van der Waals surface area contributed by atoms with Crippen molar-refractivity contribution < 1.29 is 56.0 Å². The smallest absolute Gasteiger partial charge is 1.00 e. The zero-order chi connectivity index (χ0) is 16.6. The average molecular weight is 347 g/mol. The van der Waals surface area contributed by atoms with Crippen molar-refractivity contribution in [2.45, 2.75) is 79.1 Å². The Labute approximate surface area is 167 Å². The van der Waals surface area contributed by atoms with Crippen LogP contribution < -0.4 is 29.6 Å². The number of hydrogen-bond acceptors (Lipinski definition) is 1. The van der Waals surface area contributed by atoms with E-state index in [0.717, 1.165) is 0 Å². The number of nitrogens with zero attached hydrogens (tertiary/aromatic N) is 1. The third-order valence-corrected chi connectivity index (χ3v) is 3.94. The van der Waals surface area contributed by atoms with Gasteiger partial charge in [0, 0.05) is 0 Å². The first-order valence-electron chi connectivity index (χ1n) is 8.74. The molecule has 0 aromatic rings. The molecule has 0 saturated heterocycles. The van der Waals surface area contributed by atoms with Gasteiger partial charge in [-0.25, -0.2) is 4.79 Å². The van der Waals surface area contributed by atoms with Crippen LogP contribution in [0, 0.1) is 0 Å². The van der Waals surface area contributed by atoms with E-state index in [0.29, 0.717) is 0 Å². The van der Waals surface area contributed by atoms with Crippen molar-refractivity contribution in [3.8, 4) is 0 Å². The van der Waals surface area contributed by atoms with Crippen LogP contribution >= 0.6 is 0 Å². The van der Waals surface area contributed by atoms with Gasteiger partial charge < -0.3 is 21.6 Å². The van der Waals surface area contributed by atoms with E-state index in [9.17, 15) is 0 Å². The first-order valence-corrected chi connectivity index (χ1v) is 8.74. The first-order chi connectivity index (χ1) is 9.97. The van der Waals surface area contributed by atoms with Gasteiger partial charge in [-0.05, 0) is 25.7 Å². The molecular weight excluding hydrogens is 305 g/mol. The van der Waals surface area contributed by atoms with Gasteiger partial charge >= 0.3 is 35.7 Å². The van der Waals surface area contributed by atoms with Crippen LogP contribution in [-0.2, 0) is 0 Å². The molecule has 0 aliphatic rings. The quantitative estimate of drug-likeness (QED) is 0.415. The SMILES string of the molecule is CCCC[N+](CCCC)(CCCC)CCCC.O.O=C(O)O.[H-].[Na+]. The zero-order valence-corrected chi connectivity index (χ0v) is 18.2. The summed E-state index contributed by atoms with van der Waals surface area (Å²) in [5.74, 6) is 0. The van der Waals surface area contributed by atoms with Gasteiger partial charge in [-0.1, -0.05) is 53.4 Å². The molecule has 0 amide bonds. The topological polar surface area (TPSA) is 89.0 Å². The Balaban J connectivity index is -0.000000154. The third-order valence-electron chi connectivity index (χ3n) is 3.94. The number of unbranched alkanes of at least 4 members (excludes halogenated alkanes) is 4. The van der Waals surface area contributed by atoms with Crippen LogP contribution in [0.15, 0.2) is 0 Å². The van der Waals surface area contributed by atoms with E-state index in [1.165, 1.54) is 82.0 Å². The van der Waals surface area contributed by atoms with E-state index in [1.54, 1.807) is 0 Å². The van der Waals surface area contributed by atoms with Crippen LogP contribution in [0.25, 0.3) is 0 Å². The molecule has 0 bridgehead atoms. The van der Waals surface area contributed by atoms with Crippen molar-refractivity contribution in [3.63, 3.8) is 0 Å². The molecule has 0 aromatic carbocycles. The van der Waals surface area contributed by atoms with E-state index in [1.807, 2.05) is 0 Å². The number of quaternary nitrogens is 1. The molecule has 0 saturated carbocycles. The van der Waals surface area contributed by atoms with Crippen LogP contribution in [0.1, 0.15) is 80.5 Å². The maximum absolute atomic E-state index is 8.56. The van der Waals surface area contributed by atoms with Gasteiger partial charge in [0.15, 0.2) is 0 Å². The van der Waals surface area contributed by atoms with Crippen molar-refractivity contribution in [1.29, 1.82) is 0 Å². The molecule has 0 aliphatic carbocycles. The Kier molecular flexibility index (Phi) is 29.9. The van der Waals surface area contributed by atoms with Gasteiger partial charge in [0.2, 0.25) is 0 Å². The molecule has 0 atom stereocenters. The Hall–Kier alpha value is 0.190. The third kappa shape index (κ3) is 22.2. The second-order valence-electron chi connectivity index (χ2n) is 5.93. The zero-order valence-electron chi connectivity index (χ0n) is 17.2. The summed E-state index contributed by atoms with van der Waals surface area (Å²) in [5.41, 5.74) is 0. The van der Waals surface area contributed by atoms with Crippen LogP contribution in [-0.4, -0.2) is 52.5 Å². The maximum atomic E-state index is 8.56. The summed E-state index contributed by atoms with van der Waals surface area (Å²) in [6.07, 6.45) is 9.23. The van der Waals surface area contributed by atoms with E-state index in [-0.39, 0.29) is 36.5 Å². The maximum Gasteiger partial charge on any atom is 1.00 e. The minimum atomic E-state index is -1.83. The van der Waals surface area contributed by atoms with Crippen molar-refractivity contribution in [1.82, 2.24) is 0 Å². The number of carbonyl (C=O) groups is 1. The van der Waals surface area contributed by atoms with Gasteiger partial charge in [-0.3, -0.25) is 0 Å². The van der Waals surface area contributed by atoms with Gasteiger partial charge in [0.1, 0.15) is 0 Å². The fourth-order valence-corrected chi connectivity index (χ4v) is 2.64. The fourth-order valence-electron chi connectivity index (χ4n) is 2.64. The minimum absolute atomic E-state index is 0. The number of carboxylic acid groups (broad SMARTS) is 2.